The average molecular weight is 232 g/mol. The monoisotopic (exact) mass is 232 g/mol. The summed E-state index contributed by atoms with van der Waals surface area (Å²) in [4.78, 5) is 0. The lowest BCUT2D eigenvalue weighted by atomic mass is 9.96. The number of para-hydroxylation sites is 1. The van der Waals surface area contributed by atoms with Crippen molar-refractivity contribution in [2.24, 2.45) is 5.41 Å². The van der Waals surface area contributed by atoms with Gasteiger partial charge in [-0.05, 0) is 38.4 Å². The first kappa shape index (κ1) is 13.5. The van der Waals surface area contributed by atoms with E-state index in [1.54, 1.807) is 7.11 Å². The van der Waals surface area contributed by atoms with Gasteiger partial charge in [0.1, 0.15) is 5.75 Å². The van der Waals surface area contributed by atoms with Crippen molar-refractivity contribution >= 4 is 0 Å². The summed E-state index contributed by atoms with van der Waals surface area (Å²) >= 11 is 0. The third-order valence-corrected chi connectivity index (χ3v) is 2.63. The molecule has 0 heterocycles. The minimum absolute atomic E-state index is 0.305. The van der Waals surface area contributed by atoms with E-state index in [0.717, 1.165) is 18.7 Å². The molecule has 0 atom stereocenters. The van der Waals surface area contributed by atoms with E-state index in [0.29, 0.717) is 6.54 Å². The lowest BCUT2D eigenvalue weighted by Gasteiger charge is -2.16. The molecule has 0 spiro atoms. The lowest BCUT2D eigenvalue weighted by Crippen LogP contribution is -2.29. The first-order chi connectivity index (χ1) is 8.09. The van der Waals surface area contributed by atoms with E-state index in [1.165, 1.54) is 5.56 Å². The summed E-state index contributed by atoms with van der Waals surface area (Å²) in [6, 6.07) is 10.3. The van der Waals surface area contributed by atoms with Gasteiger partial charge in [0.15, 0.2) is 0 Å². The van der Waals surface area contributed by atoms with Crippen molar-refractivity contribution in [1.29, 1.82) is 5.26 Å². The normalized spacial score (nSPS) is 10.9. The zero-order valence-corrected chi connectivity index (χ0v) is 10.8. The van der Waals surface area contributed by atoms with E-state index in [2.05, 4.69) is 17.5 Å². The number of ether oxygens (including phenoxy) is 1. The number of benzene rings is 1. The molecule has 17 heavy (non-hydrogen) atoms. The Morgan fingerprint density at radius 3 is 2.71 bits per heavy atom. The molecule has 3 heteroatoms. The molecule has 92 valence electrons. The molecule has 0 aliphatic carbocycles. The first-order valence-electron chi connectivity index (χ1n) is 5.83. The van der Waals surface area contributed by atoms with Crippen LogP contribution < -0.4 is 10.1 Å². The zero-order chi connectivity index (χ0) is 12.7. The highest BCUT2D eigenvalue weighted by molar-refractivity contribution is 5.33. The largest absolute Gasteiger partial charge is 0.496 e. The van der Waals surface area contributed by atoms with Gasteiger partial charge in [0.2, 0.25) is 0 Å². The topological polar surface area (TPSA) is 45.0 Å². The number of hydrogen-bond donors (Lipinski definition) is 1. The lowest BCUT2D eigenvalue weighted by molar-refractivity contribution is 0.407. The van der Waals surface area contributed by atoms with Crippen LogP contribution in [0.2, 0.25) is 0 Å². The molecule has 0 bridgehead atoms. The molecule has 0 radical (unpaired) electrons. The Kier molecular flexibility index (Phi) is 4.99. The van der Waals surface area contributed by atoms with Gasteiger partial charge in [-0.1, -0.05) is 18.2 Å². The van der Waals surface area contributed by atoms with Crippen LogP contribution in [0.3, 0.4) is 0 Å². The van der Waals surface area contributed by atoms with E-state index >= 15 is 0 Å². The number of nitriles is 1. The van der Waals surface area contributed by atoms with Crippen LogP contribution in [-0.4, -0.2) is 20.2 Å². The third-order valence-electron chi connectivity index (χ3n) is 2.63. The van der Waals surface area contributed by atoms with Gasteiger partial charge in [0.25, 0.3) is 0 Å². The van der Waals surface area contributed by atoms with Crippen molar-refractivity contribution < 1.29 is 4.74 Å². The fourth-order valence-corrected chi connectivity index (χ4v) is 1.57. The molecule has 3 nitrogen and oxygen atoms in total. The highest BCUT2D eigenvalue weighted by atomic mass is 16.5. The fourth-order valence-electron chi connectivity index (χ4n) is 1.57. The van der Waals surface area contributed by atoms with Crippen LogP contribution >= 0.6 is 0 Å². The third kappa shape index (κ3) is 4.46. The molecule has 0 saturated heterocycles. The van der Waals surface area contributed by atoms with Gasteiger partial charge >= 0.3 is 0 Å². The summed E-state index contributed by atoms with van der Waals surface area (Å²) in [5.74, 6) is 0.925. The van der Waals surface area contributed by atoms with Crippen molar-refractivity contribution in [1.82, 2.24) is 5.32 Å². The molecule has 1 rings (SSSR count). The molecule has 1 N–H and O–H groups in total. The number of methoxy groups -OCH3 is 1. The summed E-state index contributed by atoms with van der Waals surface area (Å²) in [6.07, 6.45) is 0.908. The van der Waals surface area contributed by atoms with Gasteiger partial charge in [-0.15, -0.1) is 0 Å². The summed E-state index contributed by atoms with van der Waals surface area (Å²) in [7, 11) is 1.69. The Hall–Kier alpha value is -1.53. The Balaban J connectivity index is 2.39. The molecule has 0 aliphatic rings. The Bertz CT molecular complexity index is 393. The zero-order valence-electron chi connectivity index (χ0n) is 10.8. The summed E-state index contributed by atoms with van der Waals surface area (Å²) < 4.78 is 5.28. The van der Waals surface area contributed by atoms with E-state index < -0.39 is 0 Å². The predicted molar refractivity (Wildman–Crippen MR) is 69.0 cm³/mol. The number of rotatable bonds is 6. The first-order valence-corrected chi connectivity index (χ1v) is 5.83. The van der Waals surface area contributed by atoms with Gasteiger partial charge in [0, 0.05) is 6.54 Å². The second kappa shape index (κ2) is 6.27. The minimum Gasteiger partial charge on any atom is -0.496 e. The molecule has 0 saturated carbocycles. The van der Waals surface area contributed by atoms with Gasteiger partial charge in [-0.25, -0.2) is 0 Å². The van der Waals surface area contributed by atoms with E-state index in [4.69, 9.17) is 10.00 Å². The second-order valence-electron chi connectivity index (χ2n) is 4.73. The van der Waals surface area contributed by atoms with Crippen molar-refractivity contribution in [3.05, 3.63) is 29.8 Å². The Morgan fingerprint density at radius 2 is 2.06 bits per heavy atom. The molecule has 0 aliphatic heterocycles. The summed E-state index contributed by atoms with van der Waals surface area (Å²) in [5.41, 5.74) is 0.887. The van der Waals surface area contributed by atoms with E-state index in [1.807, 2.05) is 32.0 Å². The summed E-state index contributed by atoms with van der Waals surface area (Å²) in [5, 5.41) is 12.2. The second-order valence-corrected chi connectivity index (χ2v) is 4.73. The quantitative estimate of drug-likeness (QED) is 0.766. The van der Waals surface area contributed by atoms with Crippen LogP contribution in [0, 0.1) is 16.7 Å². The van der Waals surface area contributed by atoms with Gasteiger partial charge in [0.05, 0.1) is 18.6 Å². The maximum absolute atomic E-state index is 8.88. The molecule has 0 amide bonds. The highest BCUT2D eigenvalue weighted by Crippen LogP contribution is 2.17. The molecule has 1 aromatic rings. The predicted octanol–water partition coefficient (Wildman–Crippen LogP) is 2.38. The van der Waals surface area contributed by atoms with Crippen LogP contribution in [0.5, 0.6) is 5.75 Å². The standard InChI is InChI=1S/C14H20N2O/c1-14(2,10-15)11-16-9-8-12-6-4-5-7-13(12)17-3/h4-7,16H,8-9,11H2,1-3H3. The van der Waals surface area contributed by atoms with Crippen LogP contribution in [0.15, 0.2) is 24.3 Å². The molecular weight excluding hydrogens is 212 g/mol. The fraction of sp³-hybridized carbons (Fsp3) is 0.500. The summed E-state index contributed by atoms with van der Waals surface area (Å²) in [6.45, 7) is 5.43. The SMILES string of the molecule is COc1ccccc1CCNCC(C)(C)C#N. The van der Waals surface area contributed by atoms with Crippen LogP contribution in [-0.2, 0) is 6.42 Å². The van der Waals surface area contributed by atoms with Crippen LogP contribution in [0.4, 0.5) is 0 Å². The van der Waals surface area contributed by atoms with Crippen molar-refractivity contribution in [2.45, 2.75) is 20.3 Å². The smallest absolute Gasteiger partial charge is 0.122 e. The molecule has 0 unspecified atom stereocenters. The van der Waals surface area contributed by atoms with Crippen molar-refractivity contribution in [3.63, 3.8) is 0 Å². The maximum atomic E-state index is 8.88. The number of hydrogen-bond acceptors (Lipinski definition) is 3. The Labute approximate surface area is 103 Å². The van der Waals surface area contributed by atoms with Crippen molar-refractivity contribution in [2.75, 3.05) is 20.2 Å². The molecular formula is C14H20N2O. The molecule has 0 fully saturated rings. The maximum Gasteiger partial charge on any atom is 0.122 e. The van der Waals surface area contributed by atoms with Crippen LogP contribution in [0.1, 0.15) is 19.4 Å². The Morgan fingerprint density at radius 1 is 1.35 bits per heavy atom. The number of nitrogens with one attached hydrogen (secondary N) is 1. The van der Waals surface area contributed by atoms with Crippen LogP contribution in [0.25, 0.3) is 0 Å². The van der Waals surface area contributed by atoms with Gasteiger partial charge in [-0.2, -0.15) is 5.26 Å². The van der Waals surface area contributed by atoms with Crippen molar-refractivity contribution in [3.8, 4) is 11.8 Å². The van der Waals surface area contributed by atoms with E-state index in [9.17, 15) is 0 Å². The van der Waals surface area contributed by atoms with Gasteiger partial charge in [-0.3, -0.25) is 0 Å². The molecule has 1 aromatic carbocycles. The minimum atomic E-state index is -0.305. The highest BCUT2D eigenvalue weighted by Gasteiger charge is 2.15. The average Bonchev–Trinajstić information content (AvgIpc) is 2.35. The van der Waals surface area contributed by atoms with E-state index in [-0.39, 0.29) is 5.41 Å². The van der Waals surface area contributed by atoms with Gasteiger partial charge < -0.3 is 10.1 Å². The molecule has 0 aromatic heterocycles. The number of nitrogens with zero attached hydrogens (tertiary/aromatic N) is 1.